The molecule has 6 rings (SSSR count). The second-order valence-electron chi connectivity index (χ2n) is 10.8. The SMILES string of the molecule is CN(C)C(=O)CN1CC2(CCN(C[C@@H]3CC45C[C@@H]4C=C[C@H]35)CC2)c2cc(F)ccc21. The van der Waals surface area contributed by atoms with E-state index in [0.717, 1.165) is 61.5 Å². The van der Waals surface area contributed by atoms with Crippen LogP contribution in [0.3, 0.4) is 0 Å². The number of fused-ring (bicyclic) bond motifs is 2. The number of carbonyl (C=O) groups is 1. The van der Waals surface area contributed by atoms with Gasteiger partial charge in [-0.2, -0.15) is 0 Å². The molecule has 2 aliphatic heterocycles. The van der Waals surface area contributed by atoms with Gasteiger partial charge in [0, 0.05) is 38.3 Å². The molecular weight excluding hydrogens is 377 g/mol. The van der Waals surface area contributed by atoms with Gasteiger partial charge in [-0.15, -0.1) is 0 Å². The van der Waals surface area contributed by atoms with Gasteiger partial charge in [-0.1, -0.05) is 12.2 Å². The largest absolute Gasteiger partial charge is 0.361 e. The highest BCUT2D eigenvalue weighted by Crippen LogP contribution is 2.75. The van der Waals surface area contributed by atoms with Crippen molar-refractivity contribution in [3.05, 3.63) is 41.7 Å². The summed E-state index contributed by atoms with van der Waals surface area (Å²) in [6, 6.07) is 5.14. The van der Waals surface area contributed by atoms with Gasteiger partial charge in [-0.05, 0) is 85.7 Å². The average molecular weight is 410 g/mol. The van der Waals surface area contributed by atoms with E-state index in [1.54, 1.807) is 25.1 Å². The van der Waals surface area contributed by atoms with E-state index in [2.05, 4.69) is 22.0 Å². The van der Waals surface area contributed by atoms with Gasteiger partial charge >= 0.3 is 0 Å². The maximum Gasteiger partial charge on any atom is 0.241 e. The Hall–Kier alpha value is -1.88. The van der Waals surface area contributed by atoms with Crippen molar-refractivity contribution in [2.24, 2.45) is 23.2 Å². The van der Waals surface area contributed by atoms with E-state index >= 15 is 0 Å². The Bertz CT molecular complexity index is 919. The number of benzene rings is 1. The van der Waals surface area contributed by atoms with Gasteiger partial charge in [-0.25, -0.2) is 4.39 Å². The van der Waals surface area contributed by atoms with Crippen molar-refractivity contribution in [1.82, 2.24) is 9.80 Å². The van der Waals surface area contributed by atoms with Crippen molar-refractivity contribution in [1.29, 1.82) is 0 Å². The van der Waals surface area contributed by atoms with E-state index in [1.165, 1.54) is 25.5 Å². The lowest BCUT2D eigenvalue weighted by atomic mass is 9.62. The predicted molar refractivity (Wildman–Crippen MR) is 116 cm³/mol. The van der Waals surface area contributed by atoms with Crippen LogP contribution in [0.25, 0.3) is 0 Å². The monoisotopic (exact) mass is 409 g/mol. The molecule has 0 N–H and O–H groups in total. The first-order valence-corrected chi connectivity index (χ1v) is 11.6. The van der Waals surface area contributed by atoms with Crippen LogP contribution in [0.5, 0.6) is 0 Å². The number of amides is 1. The molecule has 0 aromatic heterocycles. The molecule has 2 spiro atoms. The van der Waals surface area contributed by atoms with Crippen LogP contribution in [0.2, 0.25) is 0 Å². The molecule has 1 saturated heterocycles. The molecule has 1 aromatic rings. The number of halogens is 1. The van der Waals surface area contributed by atoms with Crippen LogP contribution in [-0.4, -0.2) is 62.5 Å². The Morgan fingerprint density at radius 1 is 1.20 bits per heavy atom. The highest BCUT2D eigenvalue weighted by atomic mass is 19.1. The highest BCUT2D eigenvalue weighted by Gasteiger charge is 2.68. The first kappa shape index (κ1) is 18.9. The van der Waals surface area contributed by atoms with E-state index in [-0.39, 0.29) is 17.1 Å². The van der Waals surface area contributed by atoms with E-state index in [4.69, 9.17) is 0 Å². The minimum Gasteiger partial charge on any atom is -0.361 e. The molecule has 1 aromatic carbocycles. The Balaban J connectivity index is 1.15. The number of carbonyl (C=O) groups excluding carboxylic acids is 1. The summed E-state index contributed by atoms with van der Waals surface area (Å²) in [5, 5.41) is 0. The summed E-state index contributed by atoms with van der Waals surface area (Å²) in [4.78, 5) is 18.9. The number of hydrogen-bond donors (Lipinski definition) is 0. The van der Waals surface area contributed by atoms with Gasteiger partial charge in [0.25, 0.3) is 0 Å². The first-order valence-electron chi connectivity index (χ1n) is 11.6. The molecule has 2 heterocycles. The fourth-order valence-corrected chi connectivity index (χ4v) is 7.18. The van der Waals surface area contributed by atoms with Crippen LogP contribution in [0, 0.1) is 29.0 Å². The van der Waals surface area contributed by atoms with Gasteiger partial charge in [0.2, 0.25) is 5.91 Å². The molecule has 0 bridgehead atoms. The van der Waals surface area contributed by atoms with Crippen molar-refractivity contribution in [3.8, 4) is 0 Å². The van der Waals surface area contributed by atoms with Crippen molar-refractivity contribution >= 4 is 11.6 Å². The van der Waals surface area contributed by atoms with Gasteiger partial charge in [0.15, 0.2) is 0 Å². The zero-order valence-corrected chi connectivity index (χ0v) is 18.1. The van der Waals surface area contributed by atoms with E-state index in [0.29, 0.717) is 12.0 Å². The van der Waals surface area contributed by atoms with Crippen molar-refractivity contribution < 1.29 is 9.18 Å². The van der Waals surface area contributed by atoms with Gasteiger partial charge in [-0.3, -0.25) is 4.79 Å². The van der Waals surface area contributed by atoms with Gasteiger partial charge < -0.3 is 14.7 Å². The molecule has 4 nitrogen and oxygen atoms in total. The maximum atomic E-state index is 14.2. The Morgan fingerprint density at radius 3 is 2.70 bits per heavy atom. The fourth-order valence-electron chi connectivity index (χ4n) is 7.18. The topological polar surface area (TPSA) is 26.8 Å². The number of nitrogens with zero attached hydrogens (tertiary/aromatic N) is 3. The summed E-state index contributed by atoms with van der Waals surface area (Å²) in [6.45, 7) is 4.58. The average Bonchev–Trinajstić information content (AvgIpc) is 3.28. The molecule has 0 radical (unpaired) electrons. The molecule has 5 heteroatoms. The summed E-state index contributed by atoms with van der Waals surface area (Å²) >= 11 is 0. The number of hydrogen-bond acceptors (Lipinski definition) is 3. The molecule has 4 atom stereocenters. The van der Waals surface area contributed by atoms with Gasteiger partial charge in [0.05, 0.1) is 6.54 Å². The van der Waals surface area contributed by atoms with Crippen LogP contribution in [0.1, 0.15) is 31.2 Å². The number of likely N-dealkylation sites (tertiary alicyclic amines) is 1. The highest BCUT2D eigenvalue weighted by molar-refractivity contribution is 5.82. The fraction of sp³-hybridized carbons (Fsp3) is 0.640. The third-order valence-corrected chi connectivity index (χ3v) is 9.04. The predicted octanol–water partition coefficient (Wildman–Crippen LogP) is 3.28. The van der Waals surface area contributed by atoms with Crippen LogP contribution in [-0.2, 0) is 10.2 Å². The second-order valence-corrected chi connectivity index (χ2v) is 10.8. The molecule has 5 aliphatic rings. The van der Waals surface area contributed by atoms with E-state index in [1.807, 2.05) is 6.07 Å². The van der Waals surface area contributed by atoms with Crippen LogP contribution < -0.4 is 4.90 Å². The lowest BCUT2D eigenvalue weighted by molar-refractivity contribution is -0.127. The smallest absolute Gasteiger partial charge is 0.241 e. The summed E-state index contributed by atoms with van der Waals surface area (Å²) in [5.41, 5.74) is 2.85. The molecular formula is C25H32FN3O. The zero-order valence-electron chi connectivity index (χ0n) is 18.1. The Morgan fingerprint density at radius 2 is 2.00 bits per heavy atom. The molecule has 30 heavy (non-hydrogen) atoms. The third kappa shape index (κ3) is 2.63. The van der Waals surface area contributed by atoms with Crippen molar-refractivity contribution in [3.63, 3.8) is 0 Å². The lowest BCUT2D eigenvalue weighted by Gasteiger charge is -2.47. The zero-order chi connectivity index (χ0) is 20.7. The van der Waals surface area contributed by atoms with E-state index in [9.17, 15) is 9.18 Å². The molecule has 3 fully saturated rings. The summed E-state index contributed by atoms with van der Waals surface area (Å²) in [5.74, 6) is 2.52. The number of allylic oxidation sites excluding steroid dienone is 2. The molecule has 160 valence electrons. The van der Waals surface area contributed by atoms with Crippen LogP contribution in [0.4, 0.5) is 10.1 Å². The Kier molecular flexibility index (Phi) is 3.97. The minimum atomic E-state index is -0.164. The number of piperidine rings is 1. The van der Waals surface area contributed by atoms with Gasteiger partial charge in [0.1, 0.15) is 5.82 Å². The Labute approximate surface area is 178 Å². The summed E-state index contributed by atoms with van der Waals surface area (Å²) < 4.78 is 14.2. The molecule has 1 amide bonds. The first-order chi connectivity index (χ1) is 14.4. The third-order valence-electron chi connectivity index (χ3n) is 9.04. The van der Waals surface area contributed by atoms with Crippen molar-refractivity contribution in [2.75, 3.05) is 51.7 Å². The summed E-state index contributed by atoms with van der Waals surface area (Å²) in [6.07, 6.45) is 9.95. The van der Waals surface area contributed by atoms with Crippen molar-refractivity contribution in [2.45, 2.75) is 31.1 Å². The summed E-state index contributed by atoms with van der Waals surface area (Å²) in [7, 11) is 3.60. The van der Waals surface area contributed by atoms with Crippen LogP contribution in [0.15, 0.2) is 30.4 Å². The molecule has 2 saturated carbocycles. The number of likely N-dealkylation sites (N-methyl/N-ethyl adjacent to an activating group) is 1. The lowest BCUT2D eigenvalue weighted by Crippen LogP contribution is -2.50. The minimum absolute atomic E-state index is 0.0176. The number of rotatable bonds is 4. The molecule has 1 unspecified atom stereocenters. The second kappa shape index (κ2) is 6.32. The standard InChI is InChI=1S/C25H32FN3O/c1-27(2)23(30)15-29-16-24(21-11-19(26)4-6-22(21)29)7-9-28(10-8-24)14-17-12-25-13-18(25)3-5-20(17)25/h3-6,11,17-18,20H,7-10,12-16H2,1-2H3/t17-,18-,20+,25?/m0/s1. The number of anilines is 1. The molecule has 3 aliphatic carbocycles. The quantitative estimate of drug-likeness (QED) is 0.714. The maximum absolute atomic E-state index is 14.2. The normalized spacial score (nSPS) is 35.0. The van der Waals surface area contributed by atoms with Crippen LogP contribution >= 0.6 is 0 Å². The van der Waals surface area contributed by atoms with E-state index < -0.39 is 0 Å².